The molecule has 0 aliphatic heterocycles. The summed E-state index contributed by atoms with van der Waals surface area (Å²) < 4.78 is 13.0. The molecule has 0 amide bonds. The normalized spacial score (nSPS) is 14.8. The van der Waals surface area contributed by atoms with Crippen LogP contribution < -0.4 is 5.32 Å². The third kappa shape index (κ3) is 3.74. The summed E-state index contributed by atoms with van der Waals surface area (Å²) in [5.74, 6) is -0.402. The number of nitrogens with one attached hydrogen (secondary N) is 1. The molecule has 2 unspecified atom stereocenters. The Morgan fingerprint density at radius 2 is 2.12 bits per heavy atom. The molecule has 4 heteroatoms. The molecular weight excluding hydrogens is 229 g/mol. The molecule has 2 nitrogen and oxygen atoms in total. The topological polar surface area (TPSA) is 32.3 Å². The highest BCUT2D eigenvalue weighted by Gasteiger charge is 2.10. The molecule has 1 aromatic carbocycles. The molecule has 2 N–H and O–H groups in total. The van der Waals surface area contributed by atoms with Crippen molar-refractivity contribution < 1.29 is 9.50 Å². The fraction of sp³-hybridized carbons (Fsp3) is 0.500. The lowest BCUT2D eigenvalue weighted by molar-refractivity contribution is 0.264. The second-order valence-electron chi connectivity index (χ2n) is 3.98. The third-order valence-corrected chi connectivity index (χ3v) is 2.83. The van der Waals surface area contributed by atoms with E-state index >= 15 is 0 Å². The Bertz CT molecular complexity index is 346. The Labute approximate surface area is 100 Å². The van der Waals surface area contributed by atoms with E-state index in [9.17, 15) is 4.39 Å². The second kappa shape index (κ2) is 6.18. The summed E-state index contributed by atoms with van der Waals surface area (Å²) >= 11 is 5.71. The van der Waals surface area contributed by atoms with Crippen LogP contribution in [0.1, 0.15) is 31.9 Å². The Kier molecular flexibility index (Phi) is 5.19. The number of hydrogen-bond acceptors (Lipinski definition) is 2. The smallest absolute Gasteiger partial charge is 0.141 e. The van der Waals surface area contributed by atoms with Gasteiger partial charge in [-0.15, -0.1) is 0 Å². The van der Waals surface area contributed by atoms with Crippen LogP contribution in [0.15, 0.2) is 18.2 Å². The molecule has 0 fully saturated rings. The molecule has 2 atom stereocenters. The average Bonchev–Trinajstić information content (AvgIpc) is 2.22. The van der Waals surface area contributed by atoms with Crippen molar-refractivity contribution in [2.24, 2.45) is 0 Å². The van der Waals surface area contributed by atoms with Gasteiger partial charge in [0, 0.05) is 18.7 Å². The molecule has 0 spiro atoms. The number of aliphatic hydroxyl groups excluding tert-OH is 1. The fourth-order valence-corrected chi connectivity index (χ4v) is 1.77. The maximum Gasteiger partial charge on any atom is 0.141 e. The van der Waals surface area contributed by atoms with Gasteiger partial charge >= 0.3 is 0 Å². The molecule has 0 heterocycles. The Morgan fingerprint density at radius 1 is 1.44 bits per heavy atom. The van der Waals surface area contributed by atoms with E-state index in [2.05, 4.69) is 5.32 Å². The van der Waals surface area contributed by atoms with Crippen LogP contribution in [0.4, 0.5) is 4.39 Å². The summed E-state index contributed by atoms with van der Waals surface area (Å²) in [7, 11) is 0. The van der Waals surface area contributed by atoms with E-state index in [1.807, 2.05) is 13.8 Å². The molecule has 0 saturated heterocycles. The summed E-state index contributed by atoms with van der Waals surface area (Å²) in [5.41, 5.74) is 0.941. The van der Waals surface area contributed by atoms with Crippen LogP contribution in [-0.2, 0) is 0 Å². The molecular formula is C12H17ClFNO. The molecule has 0 aliphatic carbocycles. The highest BCUT2D eigenvalue weighted by molar-refractivity contribution is 6.30. The predicted octanol–water partition coefficient (Wildman–Crippen LogP) is 2.90. The van der Waals surface area contributed by atoms with E-state index in [0.29, 0.717) is 6.42 Å². The van der Waals surface area contributed by atoms with Gasteiger partial charge in [0.2, 0.25) is 0 Å². The third-order valence-electron chi connectivity index (χ3n) is 2.54. The lowest BCUT2D eigenvalue weighted by Gasteiger charge is -2.19. The van der Waals surface area contributed by atoms with Gasteiger partial charge in [0.25, 0.3) is 0 Å². The Hall–Kier alpha value is -0.640. The van der Waals surface area contributed by atoms with Crippen LogP contribution in [-0.4, -0.2) is 17.8 Å². The number of halogens is 2. The van der Waals surface area contributed by atoms with Crippen molar-refractivity contribution in [1.29, 1.82) is 0 Å². The molecule has 0 bridgehead atoms. The predicted molar refractivity (Wildman–Crippen MR) is 64.1 cm³/mol. The van der Waals surface area contributed by atoms with Crippen LogP contribution in [0, 0.1) is 5.82 Å². The largest absolute Gasteiger partial charge is 0.396 e. The zero-order valence-electron chi connectivity index (χ0n) is 9.50. The zero-order chi connectivity index (χ0) is 12.1. The van der Waals surface area contributed by atoms with Crippen molar-refractivity contribution >= 4 is 11.6 Å². The van der Waals surface area contributed by atoms with Gasteiger partial charge in [-0.2, -0.15) is 0 Å². The van der Waals surface area contributed by atoms with Gasteiger partial charge in [-0.05, 0) is 38.0 Å². The number of hydrogen-bond donors (Lipinski definition) is 2. The fourth-order valence-electron chi connectivity index (χ4n) is 1.58. The average molecular weight is 246 g/mol. The van der Waals surface area contributed by atoms with Crippen LogP contribution in [0.2, 0.25) is 5.02 Å². The SMILES string of the molecule is CC(CCO)NC(C)c1ccc(F)c(Cl)c1. The molecule has 0 saturated carbocycles. The zero-order valence-corrected chi connectivity index (χ0v) is 10.3. The van der Waals surface area contributed by atoms with Gasteiger partial charge in [0.1, 0.15) is 5.82 Å². The van der Waals surface area contributed by atoms with Crippen molar-refractivity contribution in [3.63, 3.8) is 0 Å². The minimum absolute atomic E-state index is 0.0830. The van der Waals surface area contributed by atoms with Gasteiger partial charge in [-0.25, -0.2) is 4.39 Å². The lowest BCUT2D eigenvalue weighted by Crippen LogP contribution is -2.29. The first-order chi connectivity index (χ1) is 7.54. The molecule has 0 aliphatic rings. The lowest BCUT2D eigenvalue weighted by atomic mass is 10.1. The van der Waals surface area contributed by atoms with Crippen molar-refractivity contribution in [1.82, 2.24) is 5.32 Å². The first-order valence-corrected chi connectivity index (χ1v) is 5.74. The molecule has 1 aromatic rings. The summed E-state index contributed by atoms with van der Waals surface area (Å²) in [6.45, 7) is 4.14. The second-order valence-corrected chi connectivity index (χ2v) is 4.38. The molecule has 1 rings (SSSR count). The monoisotopic (exact) mass is 245 g/mol. The molecule has 90 valence electrons. The molecule has 0 radical (unpaired) electrons. The van der Waals surface area contributed by atoms with Crippen molar-refractivity contribution in [2.45, 2.75) is 32.4 Å². The first kappa shape index (κ1) is 13.4. The summed E-state index contributed by atoms with van der Waals surface area (Å²) in [6.07, 6.45) is 0.694. The number of rotatable bonds is 5. The van der Waals surface area contributed by atoms with E-state index in [1.165, 1.54) is 6.07 Å². The van der Waals surface area contributed by atoms with E-state index < -0.39 is 5.82 Å². The van der Waals surface area contributed by atoms with Gasteiger partial charge in [0.15, 0.2) is 0 Å². The Balaban J connectivity index is 2.65. The van der Waals surface area contributed by atoms with E-state index in [4.69, 9.17) is 16.7 Å². The maximum absolute atomic E-state index is 13.0. The van der Waals surface area contributed by atoms with Gasteiger partial charge < -0.3 is 10.4 Å². The van der Waals surface area contributed by atoms with Gasteiger partial charge in [-0.3, -0.25) is 0 Å². The van der Waals surface area contributed by atoms with Crippen molar-refractivity contribution in [3.05, 3.63) is 34.6 Å². The van der Waals surface area contributed by atoms with Crippen LogP contribution in [0.3, 0.4) is 0 Å². The van der Waals surface area contributed by atoms with Gasteiger partial charge in [-0.1, -0.05) is 17.7 Å². The highest BCUT2D eigenvalue weighted by atomic mass is 35.5. The number of benzene rings is 1. The van der Waals surface area contributed by atoms with Crippen molar-refractivity contribution in [2.75, 3.05) is 6.61 Å². The van der Waals surface area contributed by atoms with E-state index in [0.717, 1.165) is 5.56 Å². The highest BCUT2D eigenvalue weighted by Crippen LogP contribution is 2.21. The summed E-state index contributed by atoms with van der Waals surface area (Å²) in [5, 5.41) is 12.2. The minimum atomic E-state index is -0.402. The molecule has 16 heavy (non-hydrogen) atoms. The van der Waals surface area contributed by atoms with Crippen LogP contribution in [0.25, 0.3) is 0 Å². The number of aliphatic hydroxyl groups is 1. The minimum Gasteiger partial charge on any atom is -0.396 e. The standard InChI is InChI=1S/C12H17ClFNO/c1-8(5-6-16)15-9(2)10-3-4-12(14)11(13)7-10/h3-4,7-9,15-16H,5-6H2,1-2H3. The van der Waals surface area contributed by atoms with E-state index in [-0.39, 0.29) is 23.7 Å². The van der Waals surface area contributed by atoms with Gasteiger partial charge in [0.05, 0.1) is 5.02 Å². The van der Waals surface area contributed by atoms with E-state index in [1.54, 1.807) is 12.1 Å². The summed E-state index contributed by atoms with van der Waals surface area (Å²) in [6, 6.07) is 5.00. The summed E-state index contributed by atoms with van der Waals surface area (Å²) in [4.78, 5) is 0. The Morgan fingerprint density at radius 3 is 2.69 bits per heavy atom. The van der Waals surface area contributed by atoms with Crippen LogP contribution in [0.5, 0.6) is 0 Å². The maximum atomic E-state index is 13.0. The molecule has 0 aromatic heterocycles. The first-order valence-electron chi connectivity index (χ1n) is 5.36. The quantitative estimate of drug-likeness (QED) is 0.836. The van der Waals surface area contributed by atoms with Crippen molar-refractivity contribution in [3.8, 4) is 0 Å². The van der Waals surface area contributed by atoms with Crippen LogP contribution >= 0.6 is 11.6 Å².